The van der Waals surface area contributed by atoms with E-state index in [2.05, 4.69) is 53.6 Å². The van der Waals surface area contributed by atoms with Gasteiger partial charge in [0.1, 0.15) is 0 Å². The van der Waals surface area contributed by atoms with Crippen LogP contribution in [0.3, 0.4) is 0 Å². The van der Waals surface area contributed by atoms with E-state index in [1.807, 2.05) is 12.3 Å². The maximum absolute atomic E-state index is 4.43. The first-order valence-corrected chi connectivity index (χ1v) is 7.06. The van der Waals surface area contributed by atoms with Crippen molar-refractivity contribution in [2.45, 2.75) is 38.3 Å². The minimum Gasteiger partial charge on any atom is -0.306 e. The van der Waals surface area contributed by atoms with Crippen molar-refractivity contribution in [1.29, 1.82) is 0 Å². The average Bonchev–Trinajstić information content (AvgIpc) is 2.48. The van der Waals surface area contributed by atoms with Crippen molar-refractivity contribution in [3.63, 3.8) is 0 Å². The summed E-state index contributed by atoms with van der Waals surface area (Å²) in [5.41, 5.74) is 4.15. The molecule has 1 aliphatic carbocycles. The van der Waals surface area contributed by atoms with Gasteiger partial charge in [0.05, 0.1) is 5.69 Å². The molecule has 0 bridgehead atoms. The van der Waals surface area contributed by atoms with E-state index in [1.165, 1.54) is 24.0 Å². The van der Waals surface area contributed by atoms with Gasteiger partial charge >= 0.3 is 0 Å². The number of nitrogens with one attached hydrogen (secondary N) is 1. The molecule has 1 N–H and O–H groups in total. The molecule has 98 valence electrons. The van der Waals surface area contributed by atoms with Crippen molar-refractivity contribution < 1.29 is 0 Å². The molecule has 1 aromatic heterocycles. The average molecular weight is 252 g/mol. The number of aromatic nitrogens is 1. The summed E-state index contributed by atoms with van der Waals surface area (Å²) < 4.78 is 0. The molecular weight excluding hydrogens is 232 g/mol. The van der Waals surface area contributed by atoms with Crippen LogP contribution in [0, 0.1) is 0 Å². The smallest absolute Gasteiger partial charge is 0.0570 e. The topological polar surface area (TPSA) is 24.9 Å². The second kappa shape index (κ2) is 5.54. The van der Waals surface area contributed by atoms with Crippen molar-refractivity contribution in [3.05, 3.63) is 65.5 Å². The number of pyridine rings is 1. The van der Waals surface area contributed by atoms with E-state index in [0.29, 0.717) is 12.1 Å². The molecular formula is C17H20N2. The first kappa shape index (κ1) is 12.4. The van der Waals surface area contributed by atoms with Gasteiger partial charge in [0.25, 0.3) is 0 Å². The van der Waals surface area contributed by atoms with Crippen LogP contribution in [0.15, 0.2) is 48.7 Å². The first-order chi connectivity index (χ1) is 9.33. The lowest BCUT2D eigenvalue weighted by molar-refractivity contribution is 0.409. The van der Waals surface area contributed by atoms with Gasteiger partial charge in [-0.05, 0) is 49.4 Å². The molecule has 2 unspecified atom stereocenters. The Morgan fingerprint density at radius 2 is 1.89 bits per heavy atom. The Bertz CT molecular complexity index is 536. The van der Waals surface area contributed by atoms with E-state index in [0.717, 1.165) is 12.1 Å². The zero-order valence-corrected chi connectivity index (χ0v) is 11.3. The van der Waals surface area contributed by atoms with Gasteiger partial charge in [0.2, 0.25) is 0 Å². The molecule has 2 nitrogen and oxygen atoms in total. The van der Waals surface area contributed by atoms with Gasteiger partial charge in [0, 0.05) is 18.3 Å². The molecule has 2 aromatic rings. The molecule has 2 heteroatoms. The summed E-state index contributed by atoms with van der Waals surface area (Å²) in [5.74, 6) is 0. The number of rotatable bonds is 3. The third kappa shape index (κ3) is 2.85. The molecule has 0 aliphatic heterocycles. The van der Waals surface area contributed by atoms with E-state index in [1.54, 1.807) is 0 Å². The molecule has 3 rings (SSSR count). The summed E-state index contributed by atoms with van der Waals surface area (Å²) in [5, 5.41) is 3.71. The predicted molar refractivity (Wildman–Crippen MR) is 78.0 cm³/mol. The summed E-state index contributed by atoms with van der Waals surface area (Å²) in [4.78, 5) is 4.43. The fraction of sp³-hybridized carbons (Fsp3) is 0.353. The number of fused-ring (bicyclic) bond motifs is 1. The second-order valence-electron chi connectivity index (χ2n) is 5.35. The van der Waals surface area contributed by atoms with Gasteiger partial charge in [-0.2, -0.15) is 0 Å². The Balaban J connectivity index is 1.66. The Kier molecular flexibility index (Phi) is 3.60. The highest BCUT2D eigenvalue weighted by Crippen LogP contribution is 2.22. The Morgan fingerprint density at radius 3 is 2.68 bits per heavy atom. The quantitative estimate of drug-likeness (QED) is 0.906. The predicted octanol–water partition coefficient (Wildman–Crippen LogP) is 3.29. The van der Waals surface area contributed by atoms with Crippen molar-refractivity contribution >= 4 is 0 Å². The highest BCUT2D eigenvalue weighted by atomic mass is 15.0. The molecule has 0 spiro atoms. The lowest BCUT2D eigenvalue weighted by Crippen LogP contribution is -2.36. The lowest BCUT2D eigenvalue weighted by Gasteiger charge is -2.28. The highest BCUT2D eigenvalue weighted by molar-refractivity contribution is 5.30. The SMILES string of the molecule is CC(NC1CCc2ccccc2C1)c1ccccn1. The molecule has 0 amide bonds. The number of hydrogen-bond donors (Lipinski definition) is 1. The van der Waals surface area contributed by atoms with Crippen LogP contribution >= 0.6 is 0 Å². The van der Waals surface area contributed by atoms with Crippen LogP contribution in [0.2, 0.25) is 0 Å². The molecule has 0 saturated heterocycles. The van der Waals surface area contributed by atoms with Gasteiger partial charge in [0.15, 0.2) is 0 Å². The highest BCUT2D eigenvalue weighted by Gasteiger charge is 2.20. The van der Waals surface area contributed by atoms with Crippen LogP contribution in [-0.4, -0.2) is 11.0 Å². The van der Waals surface area contributed by atoms with Gasteiger partial charge < -0.3 is 5.32 Å². The third-order valence-electron chi connectivity index (χ3n) is 3.96. The summed E-state index contributed by atoms with van der Waals surface area (Å²) >= 11 is 0. The van der Waals surface area contributed by atoms with Crippen molar-refractivity contribution in [1.82, 2.24) is 10.3 Å². The summed E-state index contributed by atoms with van der Waals surface area (Å²) in [7, 11) is 0. The zero-order chi connectivity index (χ0) is 13.1. The fourth-order valence-corrected chi connectivity index (χ4v) is 2.91. The van der Waals surface area contributed by atoms with Crippen LogP contribution in [0.4, 0.5) is 0 Å². The van der Waals surface area contributed by atoms with Gasteiger partial charge in [-0.15, -0.1) is 0 Å². The molecule has 2 atom stereocenters. The van der Waals surface area contributed by atoms with Crippen molar-refractivity contribution in [2.24, 2.45) is 0 Å². The minimum atomic E-state index is 0.316. The molecule has 1 heterocycles. The summed E-state index contributed by atoms with van der Waals surface area (Å²) in [6, 6.07) is 15.8. The van der Waals surface area contributed by atoms with E-state index in [-0.39, 0.29) is 0 Å². The van der Waals surface area contributed by atoms with Crippen LogP contribution in [0.1, 0.15) is 36.2 Å². The van der Waals surface area contributed by atoms with Crippen molar-refractivity contribution in [3.8, 4) is 0 Å². The van der Waals surface area contributed by atoms with E-state index >= 15 is 0 Å². The molecule has 0 radical (unpaired) electrons. The number of hydrogen-bond acceptors (Lipinski definition) is 2. The Morgan fingerprint density at radius 1 is 1.11 bits per heavy atom. The van der Waals surface area contributed by atoms with E-state index < -0.39 is 0 Å². The zero-order valence-electron chi connectivity index (χ0n) is 11.3. The van der Waals surface area contributed by atoms with Crippen LogP contribution in [-0.2, 0) is 12.8 Å². The standard InChI is InChI=1S/C17H20N2/c1-13(17-8-4-5-11-18-17)19-16-10-9-14-6-2-3-7-15(14)12-16/h2-8,11,13,16,19H,9-10,12H2,1H3. The number of benzene rings is 1. The Hall–Kier alpha value is -1.67. The maximum Gasteiger partial charge on any atom is 0.0570 e. The summed E-state index contributed by atoms with van der Waals surface area (Å²) in [6.45, 7) is 2.20. The minimum absolute atomic E-state index is 0.316. The van der Waals surface area contributed by atoms with Gasteiger partial charge in [-0.1, -0.05) is 30.3 Å². The molecule has 0 saturated carbocycles. The number of nitrogens with zero attached hydrogens (tertiary/aromatic N) is 1. The molecule has 1 aliphatic rings. The third-order valence-corrected chi connectivity index (χ3v) is 3.96. The van der Waals surface area contributed by atoms with Gasteiger partial charge in [-0.3, -0.25) is 4.98 Å². The normalized spacial score (nSPS) is 19.7. The summed E-state index contributed by atoms with van der Waals surface area (Å²) in [6.07, 6.45) is 5.40. The monoisotopic (exact) mass is 252 g/mol. The van der Waals surface area contributed by atoms with Crippen LogP contribution < -0.4 is 5.32 Å². The van der Waals surface area contributed by atoms with Crippen molar-refractivity contribution in [2.75, 3.05) is 0 Å². The lowest BCUT2D eigenvalue weighted by atomic mass is 9.88. The largest absolute Gasteiger partial charge is 0.306 e. The molecule has 1 aromatic carbocycles. The fourth-order valence-electron chi connectivity index (χ4n) is 2.91. The molecule has 0 fully saturated rings. The first-order valence-electron chi connectivity index (χ1n) is 7.06. The Labute approximate surface area is 114 Å². The van der Waals surface area contributed by atoms with Crippen LogP contribution in [0.25, 0.3) is 0 Å². The maximum atomic E-state index is 4.43. The van der Waals surface area contributed by atoms with Gasteiger partial charge in [-0.25, -0.2) is 0 Å². The molecule has 19 heavy (non-hydrogen) atoms. The number of aryl methyl sites for hydroxylation is 1. The van der Waals surface area contributed by atoms with E-state index in [9.17, 15) is 0 Å². The van der Waals surface area contributed by atoms with E-state index in [4.69, 9.17) is 0 Å². The van der Waals surface area contributed by atoms with Crippen LogP contribution in [0.5, 0.6) is 0 Å². The second-order valence-corrected chi connectivity index (χ2v) is 5.35.